The molecule has 1 fully saturated rings. The first-order valence-electron chi connectivity index (χ1n) is 6.67. The number of carbonyl (C=O) groups is 1. The number of rotatable bonds is 2. The Morgan fingerprint density at radius 2 is 2.21 bits per heavy atom. The largest absolute Gasteiger partial charge is 0.350 e. The summed E-state index contributed by atoms with van der Waals surface area (Å²) in [5.74, 6) is 0.109. The molecule has 0 atom stereocenters. The van der Waals surface area contributed by atoms with E-state index in [2.05, 4.69) is 16.9 Å². The third-order valence-electron chi connectivity index (χ3n) is 4.03. The normalized spacial score (nSPS) is 18.0. The third kappa shape index (κ3) is 2.40. The number of piperidine rings is 1. The number of amides is 1. The monoisotopic (exact) mass is 277 g/mol. The van der Waals surface area contributed by atoms with E-state index in [9.17, 15) is 4.79 Å². The van der Waals surface area contributed by atoms with Gasteiger partial charge in [-0.25, -0.2) is 0 Å². The Morgan fingerprint density at radius 1 is 1.47 bits per heavy atom. The van der Waals surface area contributed by atoms with Gasteiger partial charge in [0.15, 0.2) is 0 Å². The molecule has 0 aliphatic carbocycles. The second-order valence-electron chi connectivity index (χ2n) is 5.33. The average molecular weight is 277 g/mol. The lowest BCUT2D eigenvalue weighted by molar-refractivity contribution is 0.0655. The highest BCUT2D eigenvalue weighted by Crippen LogP contribution is 2.23. The second kappa shape index (κ2) is 4.98. The third-order valence-corrected chi connectivity index (χ3v) is 4.89. The highest BCUT2D eigenvalue weighted by Gasteiger charge is 2.25. The highest BCUT2D eigenvalue weighted by atomic mass is 32.1. The molecule has 2 aromatic rings. The second-order valence-corrected chi connectivity index (χ2v) is 6.28. The van der Waals surface area contributed by atoms with E-state index in [0.717, 1.165) is 36.1 Å². The average Bonchev–Trinajstić information content (AvgIpc) is 2.98. The minimum absolute atomic E-state index is 0.109. The lowest BCUT2D eigenvalue weighted by atomic mass is 10.0. The molecule has 3 rings (SSSR count). The molecule has 3 heterocycles. The van der Waals surface area contributed by atoms with Gasteiger partial charge in [0.25, 0.3) is 5.91 Å². The van der Waals surface area contributed by atoms with Crippen molar-refractivity contribution >= 4 is 27.5 Å². The van der Waals surface area contributed by atoms with Gasteiger partial charge in [-0.05, 0) is 50.5 Å². The molecule has 102 valence electrons. The Kier molecular flexibility index (Phi) is 3.33. The summed E-state index contributed by atoms with van der Waals surface area (Å²) in [6, 6.07) is 4.35. The van der Waals surface area contributed by atoms with Crippen molar-refractivity contribution in [1.82, 2.24) is 14.8 Å². The van der Waals surface area contributed by atoms with Crippen molar-refractivity contribution in [2.24, 2.45) is 0 Å². The first kappa shape index (κ1) is 12.7. The predicted molar refractivity (Wildman–Crippen MR) is 78.8 cm³/mol. The van der Waals surface area contributed by atoms with Crippen LogP contribution in [0.1, 0.15) is 23.3 Å². The molecule has 4 nitrogen and oxygen atoms in total. The fraction of sp³-hybridized carbons (Fsp3) is 0.500. The van der Waals surface area contributed by atoms with E-state index in [4.69, 9.17) is 0 Å². The molecule has 19 heavy (non-hydrogen) atoms. The minimum atomic E-state index is 0.109. The van der Waals surface area contributed by atoms with Crippen LogP contribution in [0.4, 0.5) is 0 Å². The molecule has 1 saturated heterocycles. The number of hydrogen-bond donors (Lipinski definition) is 1. The van der Waals surface area contributed by atoms with Gasteiger partial charge in [0.05, 0.1) is 10.2 Å². The summed E-state index contributed by atoms with van der Waals surface area (Å²) in [5, 5.41) is 2.04. The van der Waals surface area contributed by atoms with Crippen LogP contribution in [0.5, 0.6) is 0 Å². The van der Waals surface area contributed by atoms with Crippen LogP contribution >= 0.6 is 11.3 Å². The van der Waals surface area contributed by atoms with Crippen molar-refractivity contribution in [1.29, 1.82) is 0 Å². The van der Waals surface area contributed by atoms with Crippen molar-refractivity contribution in [3.63, 3.8) is 0 Å². The van der Waals surface area contributed by atoms with Gasteiger partial charge in [-0.2, -0.15) is 0 Å². The molecule has 0 saturated carbocycles. The molecule has 0 spiro atoms. The maximum Gasteiger partial charge on any atom is 0.270 e. The molecule has 1 aliphatic rings. The van der Waals surface area contributed by atoms with Crippen LogP contribution < -0.4 is 0 Å². The molecular weight excluding hydrogens is 258 g/mol. The summed E-state index contributed by atoms with van der Waals surface area (Å²) < 4.78 is 1.15. The number of carbonyl (C=O) groups excluding carboxylic acids is 1. The number of aromatic nitrogens is 1. The molecule has 2 aromatic heterocycles. The molecule has 0 bridgehead atoms. The zero-order valence-electron chi connectivity index (χ0n) is 11.3. The van der Waals surface area contributed by atoms with E-state index in [1.165, 1.54) is 0 Å². The zero-order valence-corrected chi connectivity index (χ0v) is 12.2. The fourth-order valence-electron chi connectivity index (χ4n) is 2.70. The molecule has 1 N–H and O–H groups in total. The number of H-pyrrole nitrogens is 1. The standard InChI is InChI=1S/C14H19N3OS/c1-16-6-3-10(4-7-16)17(2)14(18)12-9-13-11(15-12)5-8-19-13/h5,8-10,15H,3-4,6-7H2,1-2H3. The van der Waals surface area contributed by atoms with Crippen molar-refractivity contribution in [3.8, 4) is 0 Å². The Morgan fingerprint density at radius 3 is 2.89 bits per heavy atom. The predicted octanol–water partition coefficient (Wildman–Crippen LogP) is 2.40. The Hall–Kier alpha value is -1.33. The lowest BCUT2D eigenvalue weighted by Gasteiger charge is -2.34. The summed E-state index contributed by atoms with van der Waals surface area (Å²) in [6.45, 7) is 2.14. The molecule has 0 radical (unpaired) electrons. The van der Waals surface area contributed by atoms with Crippen molar-refractivity contribution in [2.75, 3.05) is 27.2 Å². The van der Waals surface area contributed by atoms with Crippen LogP contribution in [0, 0.1) is 0 Å². The summed E-state index contributed by atoms with van der Waals surface area (Å²) in [6.07, 6.45) is 2.13. The van der Waals surface area contributed by atoms with Crippen LogP contribution in [-0.2, 0) is 0 Å². The van der Waals surface area contributed by atoms with E-state index in [-0.39, 0.29) is 5.91 Å². The van der Waals surface area contributed by atoms with E-state index in [1.54, 1.807) is 11.3 Å². The van der Waals surface area contributed by atoms with Crippen LogP contribution in [0.2, 0.25) is 0 Å². The van der Waals surface area contributed by atoms with Gasteiger partial charge in [-0.15, -0.1) is 11.3 Å². The number of likely N-dealkylation sites (tertiary alicyclic amines) is 1. The van der Waals surface area contributed by atoms with Gasteiger partial charge >= 0.3 is 0 Å². The van der Waals surface area contributed by atoms with Crippen molar-refractivity contribution in [2.45, 2.75) is 18.9 Å². The van der Waals surface area contributed by atoms with Gasteiger partial charge in [-0.1, -0.05) is 0 Å². The first-order valence-corrected chi connectivity index (χ1v) is 7.55. The lowest BCUT2D eigenvalue weighted by Crippen LogP contribution is -2.44. The molecule has 1 amide bonds. The molecule has 1 aliphatic heterocycles. The number of nitrogens with one attached hydrogen (secondary N) is 1. The topological polar surface area (TPSA) is 39.3 Å². The molecule has 0 aromatic carbocycles. The SMILES string of the molecule is CN1CCC(N(C)C(=O)c2cc3sccc3[nH]2)CC1. The van der Waals surface area contributed by atoms with Crippen LogP contribution in [0.3, 0.4) is 0 Å². The van der Waals surface area contributed by atoms with Gasteiger partial charge in [0.1, 0.15) is 5.69 Å². The summed E-state index contributed by atoms with van der Waals surface area (Å²) >= 11 is 1.66. The van der Waals surface area contributed by atoms with Crippen LogP contribution in [-0.4, -0.2) is 53.9 Å². The summed E-state index contributed by atoms with van der Waals surface area (Å²) in [4.78, 5) is 19.9. The minimum Gasteiger partial charge on any atom is -0.350 e. The maximum atomic E-state index is 12.5. The Balaban J connectivity index is 1.74. The first-order chi connectivity index (χ1) is 9.15. The summed E-state index contributed by atoms with van der Waals surface area (Å²) in [7, 11) is 4.06. The van der Waals surface area contributed by atoms with E-state index in [0.29, 0.717) is 11.7 Å². The highest BCUT2D eigenvalue weighted by molar-refractivity contribution is 7.17. The quantitative estimate of drug-likeness (QED) is 0.915. The number of nitrogens with zero attached hydrogens (tertiary/aromatic N) is 2. The number of fused-ring (bicyclic) bond motifs is 1. The van der Waals surface area contributed by atoms with E-state index >= 15 is 0 Å². The smallest absolute Gasteiger partial charge is 0.270 e. The number of aromatic amines is 1. The number of hydrogen-bond acceptors (Lipinski definition) is 3. The fourth-order valence-corrected chi connectivity index (χ4v) is 3.48. The van der Waals surface area contributed by atoms with Gasteiger partial charge < -0.3 is 14.8 Å². The Bertz CT molecular complexity index is 552. The van der Waals surface area contributed by atoms with Crippen LogP contribution in [0.15, 0.2) is 17.5 Å². The van der Waals surface area contributed by atoms with Crippen LogP contribution in [0.25, 0.3) is 10.2 Å². The Labute approximate surface area is 117 Å². The van der Waals surface area contributed by atoms with Crippen molar-refractivity contribution in [3.05, 3.63) is 23.2 Å². The number of thiophene rings is 1. The summed E-state index contributed by atoms with van der Waals surface area (Å²) in [5.41, 5.74) is 1.77. The van der Waals surface area contributed by atoms with E-state index in [1.807, 2.05) is 29.5 Å². The van der Waals surface area contributed by atoms with Gasteiger partial charge in [-0.3, -0.25) is 4.79 Å². The zero-order chi connectivity index (χ0) is 13.4. The van der Waals surface area contributed by atoms with Gasteiger partial charge in [0.2, 0.25) is 0 Å². The molecular formula is C14H19N3OS. The van der Waals surface area contributed by atoms with Crippen molar-refractivity contribution < 1.29 is 4.79 Å². The van der Waals surface area contributed by atoms with E-state index < -0.39 is 0 Å². The molecule has 5 heteroatoms. The van der Waals surface area contributed by atoms with Gasteiger partial charge in [0, 0.05) is 13.1 Å². The maximum absolute atomic E-state index is 12.5. The molecule has 0 unspecified atom stereocenters.